The molecule has 752 valence electrons. The lowest BCUT2D eigenvalue weighted by Crippen LogP contribution is -2.60. The van der Waals surface area contributed by atoms with Crippen molar-refractivity contribution in [2.24, 2.45) is 122 Å². The van der Waals surface area contributed by atoms with Crippen molar-refractivity contribution in [3.05, 3.63) is 242 Å². The van der Waals surface area contributed by atoms with Crippen molar-refractivity contribution in [3.63, 3.8) is 0 Å². The maximum absolute atomic E-state index is 12.8. The molecular formula is C114H136N14O15. The average molecular weight is 1940 g/mol. The fourth-order valence-electron chi connectivity index (χ4n) is 32.5. The number of anilines is 3. The van der Waals surface area contributed by atoms with Crippen molar-refractivity contribution in [1.82, 2.24) is 34.3 Å². The van der Waals surface area contributed by atoms with E-state index in [-0.39, 0.29) is 79.2 Å². The minimum atomic E-state index is -0.379. The average Bonchev–Trinajstić information content (AvgIpc) is 1.71. The van der Waals surface area contributed by atoms with Crippen LogP contribution in [0.4, 0.5) is 34.1 Å². The van der Waals surface area contributed by atoms with Gasteiger partial charge < -0.3 is 51.5 Å². The minimum absolute atomic E-state index is 0.0127. The van der Waals surface area contributed by atoms with Crippen molar-refractivity contribution >= 4 is 81.2 Å². The number of hydrogen-bond acceptors (Lipinski definition) is 19. The highest BCUT2D eigenvalue weighted by atomic mass is 17.2. The molecule has 22 atom stereocenters. The zero-order chi connectivity index (χ0) is 99.7. The minimum Gasteiger partial charge on any atom is -0.398 e. The molecule has 18 aliphatic carbocycles. The van der Waals surface area contributed by atoms with Crippen LogP contribution in [0.5, 0.6) is 0 Å². The van der Waals surface area contributed by atoms with Crippen LogP contribution in [0, 0.1) is 147 Å². The number of rotatable bonds is 13. The molecule has 7 heterocycles. The first-order valence-electron chi connectivity index (χ1n) is 53.2. The number of hydrogen-bond donors (Lipinski definition) is 4. The lowest BCUT2D eigenvalue weighted by molar-refractivity contribution is -0.385. The molecule has 6 aromatic rings. The number of nitrogen functional groups attached to an aromatic ring is 3. The van der Waals surface area contributed by atoms with E-state index in [0.717, 1.165) is 155 Å². The Morgan fingerprint density at radius 3 is 1.02 bits per heavy atom. The van der Waals surface area contributed by atoms with Crippen LogP contribution in [0.1, 0.15) is 298 Å². The summed E-state index contributed by atoms with van der Waals surface area (Å²) in [4.78, 5) is 138. The summed E-state index contributed by atoms with van der Waals surface area (Å²) in [6.45, 7) is 21.6. The van der Waals surface area contributed by atoms with Gasteiger partial charge in [-0.15, -0.1) is 0 Å². The monoisotopic (exact) mass is 1940 g/mol. The maximum atomic E-state index is 12.8. The Bertz CT molecular complexity index is 6170. The van der Waals surface area contributed by atoms with E-state index < -0.39 is 0 Å². The van der Waals surface area contributed by atoms with Gasteiger partial charge in [0.05, 0.1) is 73.4 Å². The van der Waals surface area contributed by atoms with Gasteiger partial charge in [-0.3, -0.25) is 63.9 Å². The third-order valence-corrected chi connectivity index (χ3v) is 40.6. The van der Waals surface area contributed by atoms with Crippen LogP contribution in [-0.4, -0.2) is 145 Å². The lowest BCUT2D eigenvalue weighted by Gasteiger charge is -2.63. The van der Waals surface area contributed by atoms with Crippen LogP contribution in [-0.2, 0) is 49.1 Å². The highest BCUT2D eigenvalue weighted by Gasteiger charge is 2.61. The fourth-order valence-corrected chi connectivity index (χ4v) is 32.5. The highest BCUT2D eigenvalue weighted by Crippen LogP contribution is 2.66. The van der Waals surface area contributed by atoms with Crippen LogP contribution in [0.15, 0.2) is 150 Å². The Morgan fingerprint density at radius 2 is 0.699 bits per heavy atom. The topological polar surface area (TPSA) is 391 Å². The van der Waals surface area contributed by atoms with Gasteiger partial charge >= 0.3 is 0 Å². The molecule has 7 amide bonds. The van der Waals surface area contributed by atoms with Crippen molar-refractivity contribution in [2.75, 3.05) is 30.3 Å². The van der Waals surface area contributed by atoms with Gasteiger partial charge in [-0.25, -0.2) is 4.99 Å². The van der Waals surface area contributed by atoms with Gasteiger partial charge in [0.2, 0.25) is 0 Å². The van der Waals surface area contributed by atoms with Gasteiger partial charge in [-0.1, -0.05) is 117 Å². The largest absolute Gasteiger partial charge is 0.398 e. The molecular weight excluding hydrogens is 1810 g/mol. The predicted molar refractivity (Wildman–Crippen MR) is 540 cm³/mol. The van der Waals surface area contributed by atoms with E-state index in [1.807, 2.05) is 91.4 Å². The van der Waals surface area contributed by atoms with Gasteiger partial charge in [0, 0.05) is 143 Å². The molecule has 7 N–H and O–H groups in total. The number of benzene rings is 6. The van der Waals surface area contributed by atoms with Crippen LogP contribution < -0.4 is 17.2 Å². The van der Waals surface area contributed by atoms with E-state index in [2.05, 4.69) is 68.4 Å². The third-order valence-electron chi connectivity index (χ3n) is 40.6. The van der Waals surface area contributed by atoms with Gasteiger partial charge in [-0.05, 0) is 317 Å². The van der Waals surface area contributed by atoms with E-state index in [1.165, 1.54) is 153 Å². The molecule has 25 aliphatic rings. The Hall–Kier alpha value is -12.1. The highest BCUT2D eigenvalue weighted by molar-refractivity contribution is 6.22. The zero-order valence-electron chi connectivity index (χ0n) is 83.3. The van der Waals surface area contributed by atoms with E-state index in [0.29, 0.717) is 159 Å². The molecule has 17 saturated carbocycles. The smallest absolute Gasteiger partial charge is 0.275 e. The summed E-state index contributed by atoms with van der Waals surface area (Å²) < 4.78 is 0. The second-order valence-electron chi connectivity index (χ2n) is 48.0. The molecule has 17 fully saturated rings. The van der Waals surface area contributed by atoms with E-state index in [1.54, 1.807) is 48.6 Å². The van der Waals surface area contributed by atoms with Gasteiger partial charge in [0.15, 0.2) is 0 Å². The molecule has 143 heavy (non-hydrogen) atoms. The number of carbonyl (C=O) groups excluding carboxylic acids is 7. The molecule has 7 aliphatic heterocycles. The molecule has 0 radical (unpaired) electrons. The standard InChI is InChI=1S/2C18H22N2O3.C18H24N2O.2C15H16N2O3.2C15H18N2O/c1-10-14-7-11(18(14,2)3)8-16(10)20-9-13-12(17(20)21)5-4-6-15(13)19-23-22;1-18(2)12-7-6-11(15(18)8-12)9-19-10-14-13(17(19)21)4-3-5-16(14)20(22)23;1-18(2)12-7-6-11(15(18)8-12)9-20-10-14-13(17(20)21)4-3-5-16(14)19;2*18-15-11-2-1-3-13(17(19)20)12(11)8-16(15)14-7-9-4-5-10(14)6-9;2*16-13-3-1-2-11-12(13)8-17(15(11)18)14-7-9-4-5-10(14)6-9/h4-6,9-11,14,16,22H,7-8H2,1-3H3;3-5,11-12,15H,6-10H2,1-2H3;3-5,11-12,15H,6-10,19H2,1-2H3;2*1-3,9-10,14H,4-8H2;2*1-3,9-10,14H,4-8,16H2/b19-15+;;;;;;/t10-,11+,14-,16-;2*11-,12-,15-;9-,10+,14+;9-,10+,14-;9-,10+,14+;9-,10+,14-/m0110000/s1. The third kappa shape index (κ3) is 16.5. The zero-order valence-corrected chi connectivity index (χ0v) is 83.3. The number of carbonyl (C=O) groups is 7. The normalized spacial score (nSPS) is 33.0. The summed E-state index contributed by atoms with van der Waals surface area (Å²) in [5, 5.41) is 45.6. The fraction of sp³-hybridized carbons (Fsp3) is 0.561. The molecule has 6 aromatic carbocycles. The first-order valence-corrected chi connectivity index (χ1v) is 53.2. The number of amides is 7. The summed E-state index contributed by atoms with van der Waals surface area (Å²) >= 11 is 0. The van der Waals surface area contributed by atoms with Crippen molar-refractivity contribution in [2.45, 2.75) is 272 Å². The maximum Gasteiger partial charge on any atom is 0.275 e. The van der Waals surface area contributed by atoms with Crippen LogP contribution in [0.25, 0.3) is 0 Å². The molecule has 0 spiro atoms. The molecule has 29 nitrogen and oxygen atoms in total. The Morgan fingerprint density at radius 1 is 0.371 bits per heavy atom. The van der Waals surface area contributed by atoms with Gasteiger partial charge in [0.25, 0.3) is 58.4 Å². The number of fused-ring (bicyclic) bond motifs is 21. The van der Waals surface area contributed by atoms with Crippen molar-refractivity contribution in [1.29, 1.82) is 0 Å². The predicted octanol–water partition coefficient (Wildman–Crippen LogP) is 20.3. The molecule has 31 rings (SSSR count). The molecule has 29 heteroatoms. The van der Waals surface area contributed by atoms with Crippen LogP contribution in [0.2, 0.25) is 0 Å². The van der Waals surface area contributed by atoms with E-state index in [9.17, 15) is 63.9 Å². The number of nitro benzene ring substituents is 3. The second-order valence-corrected chi connectivity index (χ2v) is 48.0. The number of nitrogens with two attached hydrogens (primary N) is 3. The van der Waals surface area contributed by atoms with Crippen LogP contribution in [0.3, 0.4) is 0 Å². The second kappa shape index (κ2) is 36.9. The van der Waals surface area contributed by atoms with Crippen molar-refractivity contribution < 1.29 is 58.6 Å². The molecule has 14 bridgehead atoms. The summed E-state index contributed by atoms with van der Waals surface area (Å²) in [6, 6.07) is 33.4. The summed E-state index contributed by atoms with van der Waals surface area (Å²) in [5.41, 5.74) is 32.7. The molecule has 0 aromatic heterocycles. The summed E-state index contributed by atoms with van der Waals surface area (Å²) in [6.07, 6.45) is 37.3. The Balaban J connectivity index is 0.0000000956. The number of oxime groups is 1. The van der Waals surface area contributed by atoms with Crippen molar-refractivity contribution in [3.8, 4) is 0 Å². The first kappa shape index (κ1) is 95.7. The van der Waals surface area contributed by atoms with Gasteiger partial charge in [0.1, 0.15) is 5.71 Å². The summed E-state index contributed by atoms with van der Waals surface area (Å²) in [7, 11) is 0. The summed E-state index contributed by atoms with van der Waals surface area (Å²) in [5.74, 6) is 12.8. The quantitative estimate of drug-likeness (QED) is 0.0361. The van der Waals surface area contributed by atoms with Gasteiger partial charge in [-0.2, -0.15) is 5.26 Å². The molecule has 0 saturated heterocycles. The Kier molecular flexibility index (Phi) is 24.7. The number of nitro groups is 3. The van der Waals surface area contributed by atoms with Crippen LogP contribution >= 0.6 is 0 Å². The number of nitrogens with zero attached hydrogens (tertiary/aromatic N) is 11. The molecule has 0 unspecified atom stereocenters. The SMILES string of the molecule is CC1(C)[C@@H]2CC[C@H](CN3Cc4c(N)cccc4C3=O)[C@H]1C2.CC1(C)[C@@H]2CC[C@H](CN3Cc4c(cccc4[N+](=O)[O-])C3=O)[C@H]1C2.C[C@@H]1[C@@H](N2C=C3C(=CC=C/C3=N\OO)C2=O)C[C@H]2C[C@@H]1C2(C)C.Nc1cccc2c1CN([C@@H]1C[C@H]3CC[C@@H]1C3)C2=O.Nc1cccc2c1CN([C@H]1C[C@H]3CC[C@@H]1C3)C2=O.O=C1c2cccc([N+](=O)[O-])c2CN1[C@@H]1C[C@H]2CC[C@@H]1C2.O=C1c2cccc([N+](=O)[O-])c2CN1[C@H]1C[C@H]2CC[C@@H]1C2. The Labute approximate surface area is 835 Å². The first-order chi connectivity index (χ1) is 68.6. The van der Waals surface area contributed by atoms with E-state index >= 15 is 0 Å². The number of allylic oxidation sites excluding steroid dienone is 3. The lowest BCUT2D eigenvalue weighted by atomic mass is 9.44. The van der Waals surface area contributed by atoms with E-state index in [4.69, 9.17) is 22.5 Å².